The van der Waals surface area contributed by atoms with Crippen molar-refractivity contribution in [1.29, 1.82) is 5.26 Å². The summed E-state index contributed by atoms with van der Waals surface area (Å²) in [5.74, 6) is -2.97. The van der Waals surface area contributed by atoms with Gasteiger partial charge >= 0.3 is 0 Å². The van der Waals surface area contributed by atoms with Crippen LogP contribution in [0.25, 0.3) is 10.9 Å². The van der Waals surface area contributed by atoms with E-state index in [1.54, 1.807) is 0 Å². The molecule has 1 heterocycles. The molecule has 2 rings (SSSR count). The minimum Gasteiger partial charge on any atom is -0.506 e. The molecule has 0 radical (unpaired) electrons. The highest BCUT2D eigenvalue weighted by molar-refractivity contribution is 5.86. The molecule has 0 atom stereocenters. The number of nitrogens with one attached hydrogen (secondary N) is 1. The summed E-state index contributed by atoms with van der Waals surface area (Å²) in [6, 6.07) is 2.94. The summed E-state index contributed by atoms with van der Waals surface area (Å²) in [4.78, 5) is 13.4. The van der Waals surface area contributed by atoms with Crippen LogP contribution in [0, 0.1) is 23.0 Å². The van der Waals surface area contributed by atoms with Crippen LogP contribution in [-0.2, 0) is 0 Å². The minimum absolute atomic E-state index is 0.0691. The fourth-order valence-electron chi connectivity index (χ4n) is 1.38. The van der Waals surface area contributed by atoms with Crippen molar-refractivity contribution in [2.24, 2.45) is 0 Å². The van der Waals surface area contributed by atoms with Gasteiger partial charge in [0, 0.05) is 11.5 Å². The quantitative estimate of drug-likeness (QED) is 0.706. The molecule has 4 nitrogen and oxygen atoms in total. The van der Waals surface area contributed by atoms with Gasteiger partial charge in [0.25, 0.3) is 5.56 Å². The zero-order valence-electron chi connectivity index (χ0n) is 7.71. The Morgan fingerprint density at radius 1 is 1.31 bits per heavy atom. The Morgan fingerprint density at radius 2 is 1.94 bits per heavy atom. The van der Waals surface area contributed by atoms with Crippen molar-refractivity contribution in [3.63, 3.8) is 0 Å². The molecule has 0 spiro atoms. The van der Waals surface area contributed by atoms with Crippen molar-refractivity contribution in [2.75, 3.05) is 0 Å². The summed E-state index contributed by atoms with van der Waals surface area (Å²) in [5.41, 5.74) is -1.45. The van der Waals surface area contributed by atoms with Gasteiger partial charge in [0.05, 0.1) is 5.52 Å². The Kier molecular flexibility index (Phi) is 2.09. The summed E-state index contributed by atoms with van der Waals surface area (Å²) in [6.07, 6.45) is 0. The van der Waals surface area contributed by atoms with Gasteiger partial charge in [-0.1, -0.05) is 0 Å². The fraction of sp³-hybridized carbons (Fsp3) is 0. The third-order valence-electron chi connectivity index (χ3n) is 2.14. The van der Waals surface area contributed by atoms with Gasteiger partial charge in [0.2, 0.25) is 0 Å². The van der Waals surface area contributed by atoms with Crippen LogP contribution in [0.5, 0.6) is 5.75 Å². The molecule has 16 heavy (non-hydrogen) atoms. The zero-order valence-corrected chi connectivity index (χ0v) is 7.71. The number of nitriles is 1. The number of rotatable bonds is 0. The number of hydrogen-bond donors (Lipinski definition) is 2. The minimum atomic E-state index is -1.17. The molecule has 0 bridgehead atoms. The molecule has 2 N–H and O–H groups in total. The number of nitrogens with zero attached hydrogens (tertiary/aromatic N) is 1. The fourth-order valence-corrected chi connectivity index (χ4v) is 1.38. The first kappa shape index (κ1) is 10.1. The SMILES string of the molecule is N#Cc1c(O)c2cc(F)c(F)cc2[nH]c1=O. The molecule has 2 aromatic rings. The third-order valence-corrected chi connectivity index (χ3v) is 2.14. The first-order valence-electron chi connectivity index (χ1n) is 4.18. The van der Waals surface area contributed by atoms with Crippen LogP contribution >= 0.6 is 0 Å². The van der Waals surface area contributed by atoms with Gasteiger partial charge in [0.1, 0.15) is 11.8 Å². The van der Waals surface area contributed by atoms with Gasteiger partial charge in [-0.25, -0.2) is 8.78 Å². The molecule has 80 valence electrons. The van der Waals surface area contributed by atoms with Crippen molar-refractivity contribution in [3.05, 3.63) is 39.7 Å². The van der Waals surface area contributed by atoms with E-state index in [0.29, 0.717) is 0 Å². The second-order valence-electron chi connectivity index (χ2n) is 3.10. The molecule has 1 aromatic heterocycles. The predicted molar refractivity (Wildman–Crippen MR) is 50.9 cm³/mol. The number of aromatic amines is 1. The van der Waals surface area contributed by atoms with E-state index in [1.165, 1.54) is 6.07 Å². The average molecular weight is 222 g/mol. The van der Waals surface area contributed by atoms with Crippen LogP contribution in [0.1, 0.15) is 5.56 Å². The molecule has 0 saturated carbocycles. The number of pyridine rings is 1. The van der Waals surface area contributed by atoms with Crippen LogP contribution in [0.4, 0.5) is 8.78 Å². The number of aromatic nitrogens is 1. The van der Waals surface area contributed by atoms with Crippen LogP contribution < -0.4 is 5.56 Å². The van der Waals surface area contributed by atoms with Crippen molar-refractivity contribution in [2.45, 2.75) is 0 Å². The monoisotopic (exact) mass is 222 g/mol. The third kappa shape index (κ3) is 1.30. The Balaban J connectivity index is 3.01. The first-order chi connectivity index (χ1) is 7.54. The van der Waals surface area contributed by atoms with Gasteiger partial charge in [-0.15, -0.1) is 0 Å². The highest BCUT2D eigenvalue weighted by Crippen LogP contribution is 2.26. The van der Waals surface area contributed by atoms with Gasteiger partial charge in [-0.2, -0.15) is 5.26 Å². The summed E-state index contributed by atoms with van der Waals surface area (Å²) in [6.45, 7) is 0. The lowest BCUT2D eigenvalue weighted by atomic mass is 10.1. The van der Waals surface area contributed by atoms with Crippen LogP contribution in [0.2, 0.25) is 0 Å². The Bertz CT molecular complexity index is 686. The molecule has 0 amide bonds. The number of benzene rings is 1. The number of hydrogen-bond acceptors (Lipinski definition) is 3. The Labute approximate surface area is 87.4 Å². The highest BCUT2D eigenvalue weighted by atomic mass is 19.2. The van der Waals surface area contributed by atoms with Gasteiger partial charge in [-0.3, -0.25) is 4.79 Å². The average Bonchev–Trinajstić information content (AvgIpc) is 2.22. The molecule has 0 saturated heterocycles. The van der Waals surface area contributed by atoms with Gasteiger partial charge < -0.3 is 10.1 Å². The van der Waals surface area contributed by atoms with Gasteiger partial charge in [0.15, 0.2) is 17.2 Å². The first-order valence-corrected chi connectivity index (χ1v) is 4.18. The number of halogens is 2. The van der Waals surface area contributed by atoms with E-state index in [4.69, 9.17) is 5.26 Å². The van der Waals surface area contributed by atoms with E-state index >= 15 is 0 Å². The summed E-state index contributed by atoms with van der Waals surface area (Å²) in [7, 11) is 0. The molecule has 0 unspecified atom stereocenters. The summed E-state index contributed by atoms with van der Waals surface area (Å²) < 4.78 is 25.8. The normalized spacial score (nSPS) is 10.3. The smallest absolute Gasteiger partial charge is 0.270 e. The van der Waals surface area contributed by atoms with Crippen molar-refractivity contribution in [3.8, 4) is 11.8 Å². The Hall–Kier alpha value is -2.42. The van der Waals surface area contributed by atoms with Crippen LogP contribution in [0.15, 0.2) is 16.9 Å². The summed E-state index contributed by atoms with van der Waals surface area (Å²) >= 11 is 0. The van der Waals surface area contributed by atoms with E-state index < -0.39 is 28.5 Å². The van der Waals surface area contributed by atoms with Crippen LogP contribution in [0.3, 0.4) is 0 Å². The lowest BCUT2D eigenvalue weighted by molar-refractivity contribution is 0.476. The van der Waals surface area contributed by atoms with E-state index in [-0.39, 0.29) is 10.9 Å². The molecular formula is C10H4F2N2O2. The van der Waals surface area contributed by atoms with Crippen LogP contribution in [-0.4, -0.2) is 10.1 Å². The molecule has 0 aliphatic carbocycles. The molecular weight excluding hydrogens is 218 g/mol. The van der Waals surface area contributed by atoms with E-state index in [9.17, 15) is 18.7 Å². The van der Waals surface area contributed by atoms with Crippen molar-refractivity contribution in [1.82, 2.24) is 4.98 Å². The topological polar surface area (TPSA) is 76.9 Å². The lowest BCUT2D eigenvalue weighted by Crippen LogP contribution is -2.10. The molecule has 0 fully saturated rings. The molecule has 6 heteroatoms. The lowest BCUT2D eigenvalue weighted by Gasteiger charge is -2.03. The number of fused-ring (bicyclic) bond motifs is 1. The maximum absolute atomic E-state index is 12.9. The van der Waals surface area contributed by atoms with E-state index in [2.05, 4.69) is 4.98 Å². The number of H-pyrrole nitrogens is 1. The van der Waals surface area contributed by atoms with Gasteiger partial charge in [-0.05, 0) is 6.07 Å². The number of aromatic hydroxyl groups is 1. The second kappa shape index (κ2) is 3.31. The largest absolute Gasteiger partial charge is 0.506 e. The van der Waals surface area contributed by atoms with E-state index in [1.807, 2.05) is 0 Å². The molecule has 0 aliphatic rings. The Morgan fingerprint density at radius 3 is 2.56 bits per heavy atom. The zero-order chi connectivity index (χ0) is 11.9. The predicted octanol–water partition coefficient (Wildman–Crippen LogP) is 1.38. The van der Waals surface area contributed by atoms with Crippen molar-refractivity contribution < 1.29 is 13.9 Å². The molecule has 0 aliphatic heterocycles. The second-order valence-corrected chi connectivity index (χ2v) is 3.10. The highest BCUT2D eigenvalue weighted by Gasteiger charge is 2.14. The maximum atomic E-state index is 12.9. The summed E-state index contributed by atoms with van der Waals surface area (Å²) in [5, 5.41) is 18.0. The standard InChI is InChI=1S/C10H4F2N2O2/c11-6-1-4-8(2-7(6)12)14-10(16)5(3-13)9(4)15/h1-2H,(H2,14,15,16). The maximum Gasteiger partial charge on any atom is 0.270 e. The van der Waals surface area contributed by atoms with Crippen molar-refractivity contribution >= 4 is 10.9 Å². The molecule has 1 aromatic carbocycles. The van der Waals surface area contributed by atoms with E-state index in [0.717, 1.165) is 12.1 Å².